The molecule has 0 unspecified atom stereocenters. The van der Waals surface area contributed by atoms with Crippen LogP contribution >= 0.6 is 0 Å². The lowest BCUT2D eigenvalue weighted by Crippen LogP contribution is -2.50. The quantitative estimate of drug-likeness (QED) is 0.642. The lowest BCUT2D eigenvalue weighted by atomic mass is 10.0. The fraction of sp³-hybridized carbons (Fsp3) is 0.464. The Bertz CT molecular complexity index is 1140. The number of rotatable bonds is 5. The second kappa shape index (κ2) is 12.8. The molecule has 0 fully saturated rings. The zero-order valence-corrected chi connectivity index (χ0v) is 22.9. The van der Waals surface area contributed by atoms with E-state index >= 15 is 0 Å². The maximum absolute atomic E-state index is 13.4. The minimum absolute atomic E-state index is 0.0326. The van der Waals surface area contributed by atoms with Crippen molar-refractivity contribution in [1.82, 2.24) is 14.7 Å². The van der Waals surface area contributed by atoms with E-state index in [1.165, 1.54) is 24.3 Å². The molecule has 3 atom stereocenters. The largest absolute Gasteiger partial charge is 0.491 e. The van der Waals surface area contributed by atoms with E-state index in [1.54, 1.807) is 42.2 Å². The van der Waals surface area contributed by atoms with Crippen LogP contribution in [0, 0.1) is 11.7 Å². The Morgan fingerprint density at radius 3 is 2.45 bits per heavy atom. The van der Waals surface area contributed by atoms with Crippen LogP contribution in [0.5, 0.6) is 5.75 Å². The summed E-state index contributed by atoms with van der Waals surface area (Å²) in [5.41, 5.74) is 1.03. The molecule has 3 rings (SSSR count). The standard InChI is InChI=1S/C28H37FN4O5/c1-18-14-33(26(34)16-31(3)4)19(2)17-38-24-13-22(30-27(35)20-7-9-21(29)10-8-20)11-12-23(24)28(36)32(5)15-25(18)37-6/h7-13,18-19,25H,14-17H2,1-6H3,(H,30,35)/t18-,19+,25-/m0/s1. The van der Waals surface area contributed by atoms with E-state index in [4.69, 9.17) is 9.47 Å². The van der Waals surface area contributed by atoms with Crippen molar-refractivity contribution in [1.29, 1.82) is 0 Å². The molecule has 0 spiro atoms. The molecule has 1 aliphatic heterocycles. The van der Waals surface area contributed by atoms with Gasteiger partial charge in [-0.2, -0.15) is 0 Å². The van der Waals surface area contributed by atoms with Crippen LogP contribution in [-0.4, -0.2) is 99.1 Å². The second-order valence-electron chi connectivity index (χ2n) is 10.1. The summed E-state index contributed by atoms with van der Waals surface area (Å²) >= 11 is 0. The van der Waals surface area contributed by atoms with Gasteiger partial charge in [0.05, 0.1) is 24.3 Å². The van der Waals surface area contributed by atoms with Gasteiger partial charge in [-0.25, -0.2) is 4.39 Å². The molecule has 1 aliphatic rings. The zero-order valence-electron chi connectivity index (χ0n) is 22.9. The molecular weight excluding hydrogens is 491 g/mol. The average Bonchev–Trinajstić information content (AvgIpc) is 2.87. The minimum atomic E-state index is -0.435. The number of hydrogen-bond acceptors (Lipinski definition) is 6. The molecule has 206 valence electrons. The second-order valence-corrected chi connectivity index (χ2v) is 10.1. The number of ether oxygens (including phenoxy) is 2. The third kappa shape index (κ3) is 7.29. The number of benzene rings is 2. The number of nitrogens with zero attached hydrogens (tertiary/aromatic N) is 3. The fourth-order valence-corrected chi connectivity index (χ4v) is 4.36. The predicted octanol–water partition coefficient (Wildman–Crippen LogP) is 2.97. The van der Waals surface area contributed by atoms with E-state index in [2.05, 4.69) is 5.32 Å². The number of methoxy groups -OCH3 is 1. The Labute approximate surface area is 223 Å². The first-order valence-electron chi connectivity index (χ1n) is 12.6. The molecule has 0 aromatic heterocycles. The zero-order chi connectivity index (χ0) is 28.0. The van der Waals surface area contributed by atoms with E-state index in [1.807, 2.05) is 32.8 Å². The summed E-state index contributed by atoms with van der Waals surface area (Å²) in [6.45, 7) is 5.07. The third-order valence-corrected chi connectivity index (χ3v) is 6.58. The number of halogens is 1. The van der Waals surface area contributed by atoms with Crippen LogP contribution in [0.15, 0.2) is 42.5 Å². The number of hydrogen-bond donors (Lipinski definition) is 1. The number of fused-ring (bicyclic) bond motifs is 1. The Balaban J connectivity index is 1.93. The van der Waals surface area contributed by atoms with Gasteiger partial charge in [-0.05, 0) is 57.4 Å². The van der Waals surface area contributed by atoms with Crippen LogP contribution in [0.25, 0.3) is 0 Å². The van der Waals surface area contributed by atoms with Gasteiger partial charge in [0.1, 0.15) is 18.2 Å². The normalized spacial score (nSPS) is 20.7. The summed E-state index contributed by atoms with van der Waals surface area (Å²) in [6, 6.07) is 9.72. The van der Waals surface area contributed by atoms with Gasteiger partial charge in [-0.1, -0.05) is 6.92 Å². The smallest absolute Gasteiger partial charge is 0.257 e. The minimum Gasteiger partial charge on any atom is -0.491 e. The van der Waals surface area contributed by atoms with Crippen molar-refractivity contribution in [3.8, 4) is 5.75 Å². The number of likely N-dealkylation sites (N-methyl/N-ethyl adjacent to an activating group) is 2. The molecule has 2 aromatic rings. The van der Waals surface area contributed by atoms with Crippen LogP contribution in [0.3, 0.4) is 0 Å². The molecule has 1 N–H and O–H groups in total. The molecule has 38 heavy (non-hydrogen) atoms. The van der Waals surface area contributed by atoms with Gasteiger partial charge in [-0.3, -0.25) is 14.4 Å². The lowest BCUT2D eigenvalue weighted by Gasteiger charge is -2.36. The Morgan fingerprint density at radius 2 is 1.82 bits per heavy atom. The molecular formula is C28H37FN4O5. The first kappa shape index (κ1) is 29.1. The topological polar surface area (TPSA) is 91.4 Å². The van der Waals surface area contributed by atoms with Crippen LogP contribution in [0.4, 0.5) is 10.1 Å². The van der Waals surface area contributed by atoms with Crippen molar-refractivity contribution in [3.63, 3.8) is 0 Å². The Morgan fingerprint density at radius 1 is 1.13 bits per heavy atom. The van der Waals surface area contributed by atoms with Gasteiger partial charge in [-0.15, -0.1) is 0 Å². The van der Waals surface area contributed by atoms with E-state index in [0.717, 1.165) is 0 Å². The lowest BCUT2D eigenvalue weighted by molar-refractivity contribution is -0.136. The van der Waals surface area contributed by atoms with Gasteiger partial charge in [0.2, 0.25) is 5.91 Å². The first-order valence-corrected chi connectivity index (χ1v) is 12.6. The van der Waals surface area contributed by atoms with Gasteiger partial charge in [0.15, 0.2) is 0 Å². The van der Waals surface area contributed by atoms with Crippen LogP contribution < -0.4 is 10.1 Å². The highest BCUT2D eigenvalue weighted by molar-refractivity contribution is 6.05. The van der Waals surface area contributed by atoms with Crippen molar-refractivity contribution in [2.75, 3.05) is 59.8 Å². The molecule has 0 aliphatic carbocycles. The van der Waals surface area contributed by atoms with Gasteiger partial charge >= 0.3 is 0 Å². The van der Waals surface area contributed by atoms with Crippen molar-refractivity contribution < 1.29 is 28.2 Å². The van der Waals surface area contributed by atoms with Crippen LogP contribution in [0.2, 0.25) is 0 Å². The number of carbonyl (C=O) groups excluding carboxylic acids is 3. The Hall–Kier alpha value is -3.50. The first-order chi connectivity index (χ1) is 18.0. The van der Waals surface area contributed by atoms with Crippen LogP contribution in [0.1, 0.15) is 34.6 Å². The summed E-state index contributed by atoms with van der Waals surface area (Å²) in [7, 11) is 6.98. The molecule has 0 saturated carbocycles. The van der Waals surface area contributed by atoms with Crippen LogP contribution in [-0.2, 0) is 9.53 Å². The van der Waals surface area contributed by atoms with Gasteiger partial charge in [0, 0.05) is 50.5 Å². The molecule has 0 bridgehead atoms. The number of anilines is 1. The highest BCUT2D eigenvalue weighted by Gasteiger charge is 2.30. The number of amides is 3. The maximum atomic E-state index is 13.4. The van der Waals surface area contributed by atoms with E-state index in [0.29, 0.717) is 29.9 Å². The Kier molecular flexibility index (Phi) is 9.82. The van der Waals surface area contributed by atoms with Crippen molar-refractivity contribution in [3.05, 3.63) is 59.4 Å². The van der Waals surface area contributed by atoms with E-state index in [9.17, 15) is 18.8 Å². The molecule has 9 nitrogen and oxygen atoms in total. The molecule has 10 heteroatoms. The highest BCUT2D eigenvalue weighted by atomic mass is 19.1. The predicted molar refractivity (Wildman–Crippen MR) is 143 cm³/mol. The fourth-order valence-electron chi connectivity index (χ4n) is 4.36. The average molecular weight is 529 g/mol. The number of nitrogens with one attached hydrogen (secondary N) is 1. The highest BCUT2D eigenvalue weighted by Crippen LogP contribution is 2.27. The van der Waals surface area contributed by atoms with Gasteiger partial charge < -0.3 is 29.5 Å². The molecule has 0 saturated heterocycles. The van der Waals surface area contributed by atoms with Crippen molar-refractivity contribution in [2.24, 2.45) is 5.92 Å². The van der Waals surface area contributed by atoms with E-state index < -0.39 is 11.7 Å². The summed E-state index contributed by atoms with van der Waals surface area (Å²) in [4.78, 5) is 44.3. The molecule has 3 amide bonds. The monoisotopic (exact) mass is 528 g/mol. The molecule has 2 aromatic carbocycles. The van der Waals surface area contributed by atoms with E-state index in [-0.39, 0.29) is 48.8 Å². The molecule has 1 heterocycles. The summed E-state index contributed by atoms with van der Waals surface area (Å²) in [5, 5.41) is 2.77. The SMILES string of the molecule is CO[C@H]1CN(C)C(=O)c2ccc(NC(=O)c3ccc(F)cc3)cc2OC[C@@H](C)N(C(=O)CN(C)C)C[C@@H]1C. The van der Waals surface area contributed by atoms with Crippen molar-refractivity contribution in [2.45, 2.75) is 26.0 Å². The summed E-state index contributed by atoms with van der Waals surface area (Å²) in [6.07, 6.45) is -0.288. The maximum Gasteiger partial charge on any atom is 0.257 e. The van der Waals surface area contributed by atoms with Crippen molar-refractivity contribution >= 4 is 23.4 Å². The molecule has 0 radical (unpaired) electrons. The number of carbonyl (C=O) groups is 3. The third-order valence-electron chi connectivity index (χ3n) is 6.58. The van der Waals surface area contributed by atoms with Gasteiger partial charge in [0.25, 0.3) is 11.8 Å². The summed E-state index contributed by atoms with van der Waals surface area (Å²) in [5.74, 6) is -0.892. The summed E-state index contributed by atoms with van der Waals surface area (Å²) < 4.78 is 25.1.